The van der Waals surface area contributed by atoms with Crippen molar-refractivity contribution in [3.8, 4) is 0 Å². The summed E-state index contributed by atoms with van der Waals surface area (Å²) in [5, 5.41) is 7.35. The van der Waals surface area contributed by atoms with Crippen LogP contribution >= 0.6 is 23.4 Å². The maximum absolute atomic E-state index is 5.91. The molecule has 0 saturated heterocycles. The first-order chi connectivity index (χ1) is 8.72. The lowest BCUT2D eigenvalue weighted by Gasteiger charge is -2.08. The van der Waals surface area contributed by atoms with Crippen molar-refractivity contribution >= 4 is 29.2 Å². The van der Waals surface area contributed by atoms with Crippen LogP contribution in [-0.2, 0) is 13.0 Å². The van der Waals surface area contributed by atoms with E-state index >= 15 is 0 Å². The molecule has 7 heteroatoms. The molecule has 0 saturated carbocycles. The number of aromatic nitrogens is 3. The SMILES string of the molecule is Cc1cc(CNc2nc(Cl)nc3c2SCC3)on1. The minimum atomic E-state index is 0.285. The van der Waals surface area contributed by atoms with Gasteiger partial charge in [-0.1, -0.05) is 5.16 Å². The van der Waals surface area contributed by atoms with Gasteiger partial charge in [0.2, 0.25) is 5.28 Å². The standard InChI is InChI=1S/C11H11ClN4OS/c1-6-4-7(17-16-6)5-13-10-9-8(2-3-18-9)14-11(12)15-10/h4H,2-3,5H2,1H3,(H,13,14,15). The maximum atomic E-state index is 5.91. The van der Waals surface area contributed by atoms with Gasteiger partial charge in [-0.15, -0.1) is 11.8 Å². The van der Waals surface area contributed by atoms with Gasteiger partial charge in [-0.05, 0) is 18.5 Å². The molecular formula is C11H11ClN4OS. The lowest BCUT2D eigenvalue weighted by atomic mass is 10.3. The van der Waals surface area contributed by atoms with E-state index in [0.717, 1.165) is 40.0 Å². The van der Waals surface area contributed by atoms with Crippen LogP contribution in [0.2, 0.25) is 5.28 Å². The number of fused-ring (bicyclic) bond motifs is 1. The van der Waals surface area contributed by atoms with E-state index in [0.29, 0.717) is 6.54 Å². The fraction of sp³-hybridized carbons (Fsp3) is 0.364. The number of hydrogen-bond acceptors (Lipinski definition) is 6. The first kappa shape index (κ1) is 11.8. The molecule has 94 valence electrons. The number of aryl methyl sites for hydroxylation is 2. The molecule has 0 unspecified atom stereocenters. The molecule has 0 spiro atoms. The van der Waals surface area contributed by atoms with E-state index in [4.69, 9.17) is 16.1 Å². The Labute approximate surface area is 113 Å². The Morgan fingerprint density at radius 1 is 1.50 bits per heavy atom. The molecule has 2 aromatic heterocycles. The minimum Gasteiger partial charge on any atom is -0.362 e. The second kappa shape index (κ2) is 4.78. The summed E-state index contributed by atoms with van der Waals surface area (Å²) >= 11 is 7.66. The van der Waals surface area contributed by atoms with Crippen molar-refractivity contribution in [1.82, 2.24) is 15.1 Å². The second-order valence-corrected chi connectivity index (χ2v) is 5.45. The Balaban J connectivity index is 1.80. The predicted octanol–water partition coefficient (Wildman–Crippen LogP) is 2.69. The van der Waals surface area contributed by atoms with Crippen LogP contribution in [0, 0.1) is 6.92 Å². The molecule has 2 aromatic rings. The van der Waals surface area contributed by atoms with Crippen molar-refractivity contribution in [1.29, 1.82) is 0 Å². The van der Waals surface area contributed by atoms with Crippen molar-refractivity contribution in [3.05, 3.63) is 28.5 Å². The highest BCUT2D eigenvalue weighted by Crippen LogP contribution is 2.36. The van der Waals surface area contributed by atoms with E-state index in [9.17, 15) is 0 Å². The highest BCUT2D eigenvalue weighted by atomic mass is 35.5. The molecular weight excluding hydrogens is 272 g/mol. The zero-order chi connectivity index (χ0) is 12.5. The smallest absolute Gasteiger partial charge is 0.224 e. The average Bonchev–Trinajstić information content (AvgIpc) is 2.94. The molecule has 0 fully saturated rings. The van der Waals surface area contributed by atoms with Gasteiger partial charge in [0, 0.05) is 18.2 Å². The van der Waals surface area contributed by atoms with E-state index in [1.807, 2.05) is 13.0 Å². The molecule has 3 heterocycles. The summed E-state index contributed by atoms with van der Waals surface area (Å²) in [6.45, 7) is 2.43. The van der Waals surface area contributed by atoms with Crippen molar-refractivity contribution in [2.45, 2.75) is 24.8 Å². The van der Waals surface area contributed by atoms with Crippen LogP contribution in [0.5, 0.6) is 0 Å². The Morgan fingerprint density at radius 3 is 3.17 bits per heavy atom. The number of nitrogens with one attached hydrogen (secondary N) is 1. The maximum Gasteiger partial charge on any atom is 0.224 e. The third-order valence-electron chi connectivity index (χ3n) is 2.60. The normalized spacial score (nSPS) is 13.7. The molecule has 0 amide bonds. The topological polar surface area (TPSA) is 63.8 Å². The number of nitrogens with zero attached hydrogens (tertiary/aromatic N) is 3. The Bertz CT molecular complexity index is 586. The van der Waals surface area contributed by atoms with Gasteiger partial charge < -0.3 is 9.84 Å². The number of anilines is 1. The molecule has 1 aliphatic heterocycles. The van der Waals surface area contributed by atoms with Crippen molar-refractivity contribution in [3.63, 3.8) is 0 Å². The van der Waals surface area contributed by atoms with Crippen LogP contribution in [-0.4, -0.2) is 20.9 Å². The van der Waals surface area contributed by atoms with Gasteiger partial charge in [-0.2, -0.15) is 4.98 Å². The summed E-state index contributed by atoms with van der Waals surface area (Å²) in [7, 11) is 0. The third-order valence-corrected chi connectivity index (χ3v) is 3.90. The molecule has 5 nitrogen and oxygen atoms in total. The molecule has 0 radical (unpaired) electrons. The molecule has 0 aromatic carbocycles. The third kappa shape index (κ3) is 2.30. The molecule has 0 atom stereocenters. The van der Waals surface area contributed by atoms with E-state index in [1.165, 1.54) is 0 Å². The summed E-state index contributed by atoms with van der Waals surface area (Å²) in [6, 6.07) is 1.89. The zero-order valence-corrected chi connectivity index (χ0v) is 11.3. The van der Waals surface area contributed by atoms with Gasteiger partial charge in [-0.25, -0.2) is 4.98 Å². The highest BCUT2D eigenvalue weighted by Gasteiger charge is 2.19. The first-order valence-corrected chi connectivity index (χ1v) is 6.94. The summed E-state index contributed by atoms with van der Waals surface area (Å²) in [5.74, 6) is 2.58. The van der Waals surface area contributed by atoms with Crippen LogP contribution in [0.3, 0.4) is 0 Å². The van der Waals surface area contributed by atoms with E-state index in [1.54, 1.807) is 11.8 Å². The van der Waals surface area contributed by atoms with E-state index < -0.39 is 0 Å². The molecule has 0 bridgehead atoms. The fourth-order valence-electron chi connectivity index (χ4n) is 1.83. The monoisotopic (exact) mass is 282 g/mol. The Morgan fingerprint density at radius 2 is 2.39 bits per heavy atom. The molecule has 0 aliphatic carbocycles. The van der Waals surface area contributed by atoms with Gasteiger partial charge >= 0.3 is 0 Å². The van der Waals surface area contributed by atoms with Gasteiger partial charge in [0.05, 0.1) is 22.8 Å². The van der Waals surface area contributed by atoms with Crippen LogP contribution in [0.1, 0.15) is 17.1 Å². The largest absolute Gasteiger partial charge is 0.362 e. The van der Waals surface area contributed by atoms with E-state index in [2.05, 4.69) is 20.4 Å². The molecule has 1 aliphatic rings. The fourth-order valence-corrected chi connectivity index (χ4v) is 3.08. The van der Waals surface area contributed by atoms with Crippen LogP contribution in [0.25, 0.3) is 0 Å². The van der Waals surface area contributed by atoms with Crippen LogP contribution in [0.15, 0.2) is 15.5 Å². The highest BCUT2D eigenvalue weighted by molar-refractivity contribution is 7.99. The van der Waals surface area contributed by atoms with Gasteiger partial charge in [0.25, 0.3) is 0 Å². The summed E-state index contributed by atoms with van der Waals surface area (Å²) in [5.41, 5.74) is 1.89. The molecule has 1 N–H and O–H groups in total. The number of halogens is 1. The van der Waals surface area contributed by atoms with Gasteiger partial charge in [0.15, 0.2) is 5.76 Å². The lowest BCUT2D eigenvalue weighted by Crippen LogP contribution is -2.04. The van der Waals surface area contributed by atoms with Gasteiger partial charge in [0.1, 0.15) is 5.82 Å². The van der Waals surface area contributed by atoms with Gasteiger partial charge in [-0.3, -0.25) is 0 Å². The first-order valence-electron chi connectivity index (χ1n) is 5.57. The summed E-state index contributed by atoms with van der Waals surface area (Å²) < 4.78 is 5.14. The van der Waals surface area contributed by atoms with E-state index in [-0.39, 0.29) is 5.28 Å². The molecule has 3 rings (SSSR count). The summed E-state index contributed by atoms with van der Waals surface area (Å²) in [4.78, 5) is 9.55. The average molecular weight is 283 g/mol. The Kier molecular flexibility index (Phi) is 3.13. The van der Waals surface area contributed by atoms with Crippen molar-refractivity contribution < 1.29 is 4.52 Å². The predicted molar refractivity (Wildman–Crippen MR) is 70.0 cm³/mol. The van der Waals surface area contributed by atoms with Crippen molar-refractivity contribution in [2.75, 3.05) is 11.1 Å². The van der Waals surface area contributed by atoms with Crippen molar-refractivity contribution in [2.24, 2.45) is 0 Å². The van der Waals surface area contributed by atoms with Crippen LogP contribution < -0.4 is 5.32 Å². The number of rotatable bonds is 3. The number of thioether (sulfide) groups is 1. The van der Waals surface area contributed by atoms with Crippen LogP contribution in [0.4, 0.5) is 5.82 Å². The number of hydrogen-bond donors (Lipinski definition) is 1. The quantitative estimate of drug-likeness (QED) is 0.873. The summed E-state index contributed by atoms with van der Waals surface area (Å²) in [6.07, 6.45) is 0.943. The zero-order valence-electron chi connectivity index (χ0n) is 9.73. The second-order valence-electron chi connectivity index (χ2n) is 4.00. The Hall–Kier alpha value is -1.27. The molecule has 18 heavy (non-hydrogen) atoms. The minimum absolute atomic E-state index is 0.285. The lowest BCUT2D eigenvalue weighted by molar-refractivity contribution is 0.384.